The second kappa shape index (κ2) is 5.41. The topological polar surface area (TPSA) is 65.4 Å². The zero-order chi connectivity index (χ0) is 16.0. The van der Waals surface area contributed by atoms with Crippen molar-refractivity contribution in [2.45, 2.75) is 12.5 Å². The number of para-hydroxylation sites is 1. The maximum Gasteiger partial charge on any atom is 0.157 e. The molecule has 2 aromatic carbocycles. The van der Waals surface area contributed by atoms with E-state index in [-0.39, 0.29) is 17.5 Å². The molecule has 3 N–H and O–H groups in total. The van der Waals surface area contributed by atoms with Crippen LogP contribution in [0, 0.1) is 0 Å². The maximum atomic E-state index is 9.85. The van der Waals surface area contributed by atoms with Gasteiger partial charge in [-0.25, -0.2) is 4.98 Å². The Kier molecular flexibility index (Phi) is 3.36. The minimum Gasteiger partial charge on any atom is -0.504 e. The third-order valence-electron chi connectivity index (χ3n) is 4.31. The molecule has 5 heteroatoms. The van der Waals surface area contributed by atoms with Crippen LogP contribution >= 0.6 is 11.6 Å². The van der Waals surface area contributed by atoms with E-state index >= 15 is 0 Å². The van der Waals surface area contributed by atoms with E-state index in [2.05, 4.69) is 10.3 Å². The zero-order valence-electron chi connectivity index (χ0n) is 12.3. The van der Waals surface area contributed by atoms with Crippen LogP contribution in [0.25, 0.3) is 10.9 Å². The van der Waals surface area contributed by atoms with Crippen LogP contribution < -0.4 is 5.32 Å². The minimum absolute atomic E-state index is 0.0906. The molecule has 1 atom stereocenters. The van der Waals surface area contributed by atoms with Crippen LogP contribution in [0.15, 0.2) is 42.5 Å². The lowest BCUT2D eigenvalue weighted by Gasteiger charge is -2.28. The number of phenolic OH excluding ortho intramolecular Hbond substituents is 2. The number of aromatic hydroxyl groups is 2. The normalized spacial score (nSPS) is 17.2. The average molecular weight is 327 g/mol. The summed E-state index contributed by atoms with van der Waals surface area (Å²) < 4.78 is 0. The van der Waals surface area contributed by atoms with Gasteiger partial charge in [0.05, 0.1) is 11.6 Å². The van der Waals surface area contributed by atoms with Crippen molar-refractivity contribution >= 4 is 22.5 Å². The Hall–Kier alpha value is -2.30. The Morgan fingerprint density at radius 2 is 1.83 bits per heavy atom. The Labute approximate surface area is 138 Å². The molecular formula is C18H15ClN2O2. The van der Waals surface area contributed by atoms with E-state index in [9.17, 15) is 10.2 Å². The van der Waals surface area contributed by atoms with Gasteiger partial charge in [-0.05, 0) is 41.8 Å². The van der Waals surface area contributed by atoms with Gasteiger partial charge in [-0.1, -0.05) is 29.8 Å². The van der Waals surface area contributed by atoms with Gasteiger partial charge in [0.1, 0.15) is 5.15 Å². The van der Waals surface area contributed by atoms with Crippen molar-refractivity contribution in [3.63, 3.8) is 0 Å². The highest BCUT2D eigenvalue weighted by atomic mass is 35.5. The molecule has 0 saturated heterocycles. The van der Waals surface area contributed by atoms with Crippen LogP contribution in [0.5, 0.6) is 11.5 Å². The quantitative estimate of drug-likeness (QED) is 0.473. The molecule has 0 amide bonds. The number of nitrogens with zero attached hydrogens (tertiary/aromatic N) is 1. The number of aromatic nitrogens is 1. The SMILES string of the molecule is Oc1cc2c(cc1O)[C@H](c1cc3ccccc3nc1Cl)NCC2. The first-order chi connectivity index (χ1) is 11.1. The summed E-state index contributed by atoms with van der Waals surface area (Å²) in [6.07, 6.45) is 0.790. The molecule has 1 aliphatic rings. The number of hydrogen-bond donors (Lipinski definition) is 3. The van der Waals surface area contributed by atoms with E-state index in [1.807, 2.05) is 30.3 Å². The van der Waals surface area contributed by atoms with Crippen molar-refractivity contribution in [1.82, 2.24) is 10.3 Å². The fourth-order valence-electron chi connectivity index (χ4n) is 3.17. The largest absolute Gasteiger partial charge is 0.504 e. The van der Waals surface area contributed by atoms with E-state index < -0.39 is 0 Å². The van der Waals surface area contributed by atoms with Gasteiger partial charge in [0.15, 0.2) is 11.5 Å². The van der Waals surface area contributed by atoms with Gasteiger partial charge in [0, 0.05) is 17.5 Å². The van der Waals surface area contributed by atoms with Gasteiger partial charge in [-0.3, -0.25) is 0 Å². The van der Waals surface area contributed by atoms with Gasteiger partial charge in [0.25, 0.3) is 0 Å². The monoisotopic (exact) mass is 326 g/mol. The Morgan fingerprint density at radius 1 is 1.04 bits per heavy atom. The van der Waals surface area contributed by atoms with Crippen molar-refractivity contribution < 1.29 is 10.2 Å². The van der Waals surface area contributed by atoms with Crippen molar-refractivity contribution in [2.75, 3.05) is 6.54 Å². The van der Waals surface area contributed by atoms with E-state index in [0.29, 0.717) is 5.15 Å². The molecule has 3 aromatic rings. The van der Waals surface area contributed by atoms with E-state index in [1.165, 1.54) is 0 Å². The molecule has 116 valence electrons. The van der Waals surface area contributed by atoms with E-state index in [0.717, 1.165) is 40.6 Å². The Balaban J connectivity index is 1.89. The molecule has 0 radical (unpaired) electrons. The van der Waals surface area contributed by atoms with Crippen molar-refractivity contribution in [1.29, 1.82) is 0 Å². The Morgan fingerprint density at radius 3 is 2.70 bits per heavy atom. The third-order valence-corrected chi connectivity index (χ3v) is 4.61. The van der Waals surface area contributed by atoms with Gasteiger partial charge in [-0.2, -0.15) is 0 Å². The molecule has 0 bridgehead atoms. The van der Waals surface area contributed by atoms with Crippen LogP contribution in [0.4, 0.5) is 0 Å². The molecule has 0 saturated carbocycles. The molecule has 0 spiro atoms. The summed E-state index contributed by atoms with van der Waals surface area (Å²) >= 11 is 6.41. The molecule has 4 rings (SSSR count). The Bertz CT molecular complexity index is 911. The van der Waals surface area contributed by atoms with Crippen LogP contribution in [0.2, 0.25) is 5.15 Å². The fraction of sp³-hybridized carbons (Fsp3) is 0.167. The summed E-state index contributed by atoms with van der Waals surface area (Å²) in [4.78, 5) is 4.48. The number of phenols is 2. The first kappa shape index (κ1) is 14.3. The molecule has 0 fully saturated rings. The predicted molar refractivity (Wildman–Crippen MR) is 90.1 cm³/mol. The first-order valence-electron chi connectivity index (χ1n) is 7.47. The second-order valence-electron chi connectivity index (χ2n) is 5.74. The highest BCUT2D eigenvalue weighted by Crippen LogP contribution is 2.38. The lowest BCUT2D eigenvalue weighted by atomic mass is 9.89. The molecule has 23 heavy (non-hydrogen) atoms. The molecule has 1 aromatic heterocycles. The third kappa shape index (κ3) is 2.40. The van der Waals surface area contributed by atoms with Gasteiger partial charge in [0.2, 0.25) is 0 Å². The van der Waals surface area contributed by atoms with Gasteiger partial charge >= 0.3 is 0 Å². The number of rotatable bonds is 1. The van der Waals surface area contributed by atoms with Crippen molar-refractivity contribution in [3.8, 4) is 11.5 Å². The number of benzene rings is 2. The zero-order valence-corrected chi connectivity index (χ0v) is 13.0. The lowest BCUT2D eigenvalue weighted by molar-refractivity contribution is 0.400. The molecule has 2 heterocycles. The number of nitrogens with one attached hydrogen (secondary N) is 1. The highest BCUT2D eigenvalue weighted by Gasteiger charge is 2.25. The van der Waals surface area contributed by atoms with Gasteiger partial charge < -0.3 is 15.5 Å². The summed E-state index contributed by atoms with van der Waals surface area (Å²) in [5.74, 6) is -0.213. The predicted octanol–water partition coefficient (Wildman–Crippen LogP) is 3.53. The minimum atomic E-state index is -0.158. The molecule has 0 aliphatic carbocycles. The molecule has 1 aliphatic heterocycles. The summed E-state index contributed by atoms with van der Waals surface area (Å²) in [5, 5.41) is 24.5. The number of hydrogen-bond acceptors (Lipinski definition) is 4. The van der Waals surface area contributed by atoms with E-state index in [1.54, 1.807) is 12.1 Å². The summed E-state index contributed by atoms with van der Waals surface area (Å²) in [7, 11) is 0. The molecule has 4 nitrogen and oxygen atoms in total. The number of fused-ring (bicyclic) bond motifs is 2. The average Bonchev–Trinajstić information content (AvgIpc) is 2.55. The number of halogens is 1. The van der Waals surface area contributed by atoms with Crippen LogP contribution in [-0.4, -0.2) is 21.7 Å². The second-order valence-corrected chi connectivity index (χ2v) is 6.10. The summed E-state index contributed by atoms with van der Waals surface area (Å²) in [6, 6.07) is 12.9. The fourth-order valence-corrected chi connectivity index (χ4v) is 3.43. The van der Waals surface area contributed by atoms with Crippen LogP contribution in [-0.2, 0) is 6.42 Å². The van der Waals surface area contributed by atoms with Crippen molar-refractivity contribution in [3.05, 3.63) is 64.3 Å². The van der Waals surface area contributed by atoms with E-state index in [4.69, 9.17) is 11.6 Å². The molecular weight excluding hydrogens is 312 g/mol. The van der Waals surface area contributed by atoms with Crippen LogP contribution in [0.1, 0.15) is 22.7 Å². The maximum absolute atomic E-state index is 9.85. The summed E-state index contributed by atoms with van der Waals surface area (Å²) in [5.41, 5.74) is 3.65. The standard InChI is InChI=1S/C18H15ClN2O2/c19-18-13(7-11-3-1-2-4-14(11)21-18)17-12-9-16(23)15(22)8-10(12)5-6-20-17/h1-4,7-9,17,20,22-23H,5-6H2/t17-/m1/s1. The molecule has 0 unspecified atom stereocenters. The summed E-state index contributed by atoms with van der Waals surface area (Å²) in [6.45, 7) is 0.769. The highest BCUT2D eigenvalue weighted by molar-refractivity contribution is 6.30. The lowest BCUT2D eigenvalue weighted by Crippen LogP contribution is -2.30. The number of pyridine rings is 1. The van der Waals surface area contributed by atoms with Crippen LogP contribution in [0.3, 0.4) is 0 Å². The smallest absolute Gasteiger partial charge is 0.157 e. The van der Waals surface area contributed by atoms with Crippen molar-refractivity contribution in [2.24, 2.45) is 0 Å². The first-order valence-corrected chi connectivity index (χ1v) is 7.84. The van der Waals surface area contributed by atoms with Gasteiger partial charge in [-0.15, -0.1) is 0 Å².